The first-order valence-electron chi connectivity index (χ1n) is 7.47. The van der Waals surface area contributed by atoms with E-state index >= 15 is 0 Å². The molecule has 0 radical (unpaired) electrons. The minimum absolute atomic E-state index is 0.0806. The number of amides is 1. The molecule has 0 fully saturated rings. The molecule has 0 saturated carbocycles. The fraction of sp³-hybridized carbons (Fsp3) is 0.278. The molecule has 4 nitrogen and oxygen atoms in total. The molecule has 1 N–H and O–H groups in total. The van der Waals surface area contributed by atoms with E-state index in [0.717, 1.165) is 12.8 Å². The summed E-state index contributed by atoms with van der Waals surface area (Å²) in [6.07, 6.45) is 2.14. The Morgan fingerprint density at radius 2 is 1.91 bits per heavy atom. The zero-order chi connectivity index (χ0) is 16.7. The van der Waals surface area contributed by atoms with Crippen LogP contribution < -0.4 is 14.8 Å². The molecular formula is C18H20ClNO3. The van der Waals surface area contributed by atoms with Gasteiger partial charge in [-0.15, -0.1) is 0 Å². The van der Waals surface area contributed by atoms with Gasteiger partial charge >= 0.3 is 0 Å². The van der Waals surface area contributed by atoms with Crippen LogP contribution in [0.1, 0.15) is 18.9 Å². The number of halogens is 1. The van der Waals surface area contributed by atoms with Crippen LogP contribution in [0.3, 0.4) is 0 Å². The third-order valence-corrected chi connectivity index (χ3v) is 3.50. The van der Waals surface area contributed by atoms with Crippen LogP contribution in [0.25, 0.3) is 0 Å². The number of carbonyl (C=O) groups is 1. The minimum atomic E-state index is -0.275. The molecule has 0 unspecified atom stereocenters. The van der Waals surface area contributed by atoms with E-state index in [0.29, 0.717) is 22.2 Å². The van der Waals surface area contributed by atoms with Gasteiger partial charge in [-0.3, -0.25) is 4.79 Å². The number of methoxy groups -OCH3 is 1. The highest BCUT2D eigenvalue weighted by molar-refractivity contribution is 6.31. The molecule has 0 spiro atoms. The molecule has 2 aromatic rings. The molecule has 0 aliphatic carbocycles. The summed E-state index contributed by atoms with van der Waals surface area (Å²) in [5, 5.41) is 3.25. The molecule has 5 heteroatoms. The van der Waals surface area contributed by atoms with Crippen molar-refractivity contribution in [3.63, 3.8) is 0 Å². The summed E-state index contributed by atoms with van der Waals surface area (Å²) in [4.78, 5) is 12.0. The van der Waals surface area contributed by atoms with Crippen molar-refractivity contribution >= 4 is 23.2 Å². The van der Waals surface area contributed by atoms with E-state index in [4.69, 9.17) is 21.1 Å². The monoisotopic (exact) mass is 333 g/mol. The molecule has 2 rings (SSSR count). The smallest absolute Gasteiger partial charge is 0.262 e. The highest BCUT2D eigenvalue weighted by atomic mass is 35.5. The van der Waals surface area contributed by atoms with Crippen LogP contribution >= 0.6 is 11.6 Å². The van der Waals surface area contributed by atoms with Crippen LogP contribution in [-0.2, 0) is 11.2 Å². The number of carbonyl (C=O) groups excluding carboxylic acids is 1. The Kier molecular flexibility index (Phi) is 6.29. The lowest BCUT2D eigenvalue weighted by molar-refractivity contribution is -0.118. The summed E-state index contributed by atoms with van der Waals surface area (Å²) in [5.41, 5.74) is 1.78. The van der Waals surface area contributed by atoms with Gasteiger partial charge in [0.05, 0.1) is 12.8 Å². The lowest BCUT2D eigenvalue weighted by atomic mass is 10.1. The van der Waals surface area contributed by atoms with Gasteiger partial charge in [0.2, 0.25) is 0 Å². The van der Waals surface area contributed by atoms with Crippen molar-refractivity contribution < 1.29 is 14.3 Å². The molecule has 23 heavy (non-hydrogen) atoms. The van der Waals surface area contributed by atoms with E-state index in [9.17, 15) is 4.79 Å². The molecule has 0 saturated heterocycles. The largest absolute Gasteiger partial charge is 0.495 e. The van der Waals surface area contributed by atoms with Crippen molar-refractivity contribution in [2.24, 2.45) is 0 Å². The molecule has 0 bridgehead atoms. The second-order valence-corrected chi connectivity index (χ2v) is 5.51. The van der Waals surface area contributed by atoms with Gasteiger partial charge in [-0.25, -0.2) is 0 Å². The number of rotatable bonds is 7. The van der Waals surface area contributed by atoms with Crippen molar-refractivity contribution in [1.29, 1.82) is 0 Å². The Hall–Kier alpha value is -2.20. The molecular weight excluding hydrogens is 314 g/mol. The average Bonchev–Trinajstić information content (AvgIpc) is 2.55. The molecule has 122 valence electrons. The Bertz CT molecular complexity index is 656. The first-order chi connectivity index (χ1) is 11.1. The van der Waals surface area contributed by atoms with E-state index in [2.05, 4.69) is 12.2 Å². The third-order valence-electron chi connectivity index (χ3n) is 3.27. The van der Waals surface area contributed by atoms with Crippen LogP contribution in [0, 0.1) is 0 Å². The van der Waals surface area contributed by atoms with Crippen LogP contribution in [0.5, 0.6) is 11.5 Å². The SMILES string of the molecule is CCCc1ccc(OCC(=O)Nc2cc(Cl)ccc2OC)cc1. The molecule has 0 aromatic heterocycles. The summed E-state index contributed by atoms with van der Waals surface area (Å²) in [6, 6.07) is 12.8. The topological polar surface area (TPSA) is 47.6 Å². The third kappa shape index (κ3) is 5.18. The molecule has 0 heterocycles. The number of benzene rings is 2. The first kappa shape index (κ1) is 17.2. The summed E-state index contributed by atoms with van der Waals surface area (Å²) >= 11 is 5.93. The number of hydrogen-bond acceptors (Lipinski definition) is 3. The van der Waals surface area contributed by atoms with E-state index in [1.165, 1.54) is 12.7 Å². The lowest BCUT2D eigenvalue weighted by Crippen LogP contribution is -2.20. The van der Waals surface area contributed by atoms with Crippen molar-refractivity contribution in [1.82, 2.24) is 0 Å². The fourth-order valence-electron chi connectivity index (χ4n) is 2.15. The normalized spacial score (nSPS) is 10.2. The maximum Gasteiger partial charge on any atom is 0.262 e. The highest BCUT2D eigenvalue weighted by Gasteiger charge is 2.09. The number of anilines is 1. The van der Waals surface area contributed by atoms with E-state index in [1.807, 2.05) is 24.3 Å². The summed E-state index contributed by atoms with van der Waals surface area (Å²) < 4.78 is 10.7. The Labute approximate surface area is 141 Å². The summed E-state index contributed by atoms with van der Waals surface area (Å²) in [7, 11) is 1.53. The number of ether oxygens (including phenoxy) is 2. The Morgan fingerprint density at radius 1 is 1.17 bits per heavy atom. The predicted octanol–water partition coefficient (Wildman–Crippen LogP) is 4.32. The molecule has 0 aliphatic rings. The van der Waals surface area contributed by atoms with Crippen molar-refractivity contribution in [2.45, 2.75) is 19.8 Å². The quantitative estimate of drug-likeness (QED) is 0.821. The molecule has 1 amide bonds. The van der Waals surface area contributed by atoms with E-state index in [-0.39, 0.29) is 12.5 Å². The second-order valence-electron chi connectivity index (χ2n) is 5.08. The predicted molar refractivity (Wildman–Crippen MR) is 92.6 cm³/mol. The highest BCUT2D eigenvalue weighted by Crippen LogP contribution is 2.27. The van der Waals surface area contributed by atoms with Gasteiger partial charge in [0, 0.05) is 5.02 Å². The molecule has 0 aliphatic heterocycles. The maximum absolute atomic E-state index is 12.0. The average molecular weight is 334 g/mol. The summed E-state index contributed by atoms with van der Waals surface area (Å²) in [6.45, 7) is 2.06. The first-order valence-corrected chi connectivity index (χ1v) is 7.85. The standard InChI is InChI=1S/C18H20ClNO3/c1-3-4-13-5-8-15(9-6-13)23-12-18(21)20-16-11-14(19)7-10-17(16)22-2/h5-11H,3-4,12H2,1-2H3,(H,20,21). The van der Waals surface area contributed by atoms with Gasteiger partial charge < -0.3 is 14.8 Å². The zero-order valence-electron chi connectivity index (χ0n) is 13.3. The van der Waals surface area contributed by atoms with Gasteiger partial charge in [-0.05, 0) is 42.3 Å². The van der Waals surface area contributed by atoms with Crippen molar-refractivity contribution in [3.8, 4) is 11.5 Å². The molecule has 0 atom stereocenters. The van der Waals surface area contributed by atoms with Gasteiger partial charge in [0.15, 0.2) is 6.61 Å². The van der Waals surface area contributed by atoms with Crippen LogP contribution in [0.15, 0.2) is 42.5 Å². The maximum atomic E-state index is 12.0. The lowest BCUT2D eigenvalue weighted by Gasteiger charge is -2.11. The fourth-order valence-corrected chi connectivity index (χ4v) is 2.33. The van der Waals surface area contributed by atoms with Crippen LogP contribution in [0.4, 0.5) is 5.69 Å². The van der Waals surface area contributed by atoms with Gasteiger partial charge in [0.25, 0.3) is 5.91 Å². The minimum Gasteiger partial charge on any atom is -0.495 e. The Morgan fingerprint density at radius 3 is 2.57 bits per heavy atom. The summed E-state index contributed by atoms with van der Waals surface area (Å²) in [5.74, 6) is 0.938. The van der Waals surface area contributed by atoms with Crippen LogP contribution in [-0.4, -0.2) is 19.6 Å². The van der Waals surface area contributed by atoms with E-state index in [1.54, 1.807) is 18.2 Å². The van der Waals surface area contributed by atoms with Gasteiger partial charge in [0.1, 0.15) is 11.5 Å². The van der Waals surface area contributed by atoms with Gasteiger partial charge in [-0.1, -0.05) is 37.1 Å². The van der Waals surface area contributed by atoms with Crippen molar-refractivity contribution in [3.05, 3.63) is 53.1 Å². The Balaban J connectivity index is 1.91. The number of hydrogen-bond donors (Lipinski definition) is 1. The van der Waals surface area contributed by atoms with Crippen LogP contribution in [0.2, 0.25) is 5.02 Å². The molecule has 2 aromatic carbocycles. The second kappa shape index (κ2) is 8.44. The van der Waals surface area contributed by atoms with E-state index < -0.39 is 0 Å². The van der Waals surface area contributed by atoms with Crippen molar-refractivity contribution in [2.75, 3.05) is 19.0 Å². The zero-order valence-corrected chi connectivity index (χ0v) is 14.0. The number of nitrogens with one attached hydrogen (secondary N) is 1. The number of aryl methyl sites for hydroxylation is 1. The van der Waals surface area contributed by atoms with Gasteiger partial charge in [-0.2, -0.15) is 0 Å².